The number of rotatable bonds is 3. The van der Waals surface area contributed by atoms with Crippen molar-refractivity contribution in [2.75, 3.05) is 0 Å². The van der Waals surface area contributed by atoms with Crippen LogP contribution >= 0.6 is 45.9 Å². The Hall–Kier alpha value is -0.620. The molecule has 2 aromatic heterocycles. The highest BCUT2D eigenvalue weighted by Gasteiger charge is 2.17. The van der Waals surface area contributed by atoms with Crippen LogP contribution < -0.4 is 4.87 Å². The highest BCUT2D eigenvalue weighted by atomic mass is 35.5. The molecule has 0 aromatic carbocycles. The van der Waals surface area contributed by atoms with Crippen LogP contribution in [0.4, 0.5) is 0 Å². The zero-order chi connectivity index (χ0) is 13.4. The van der Waals surface area contributed by atoms with Crippen molar-refractivity contribution < 1.29 is 4.79 Å². The Balaban J connectivity index is 2.32. The molecule has 0 unspecified atom stereocenters. The van der Waals surface area contributed by atoms with Gasteiger partial charge in [0.2, 0.25) is 0 Å². The number of Topliss-reactive ketones (excluding diaryl/α,β-unsaturated/α-hetero) is 1. The summed E-state index contributed by atoms with van der Waals surface area (Å²) in [6, 6.07) is 1.54. The van der Waals surface area contributed by atoms with Crippen LogP contribution in [-0.2, 0) is 6.54 Å². The lowest BCUT2D eigenvalue weighted by Crippen LogP contribution is -2.20. The number of thiophene rings is 1. The first-order valence-electron chi connectivity index (χ1n) is 5.05. The van der Waals surface area contributed by atoms with Gasteiger partial charge in [0, 0.05) is 10.6 Å². The minimum Gasteiger partial charge on any atom is -0.295 e. The van der Waals surface area contributed by atoms with Crippen molar-refractivity contribution in [1.29, 1.82) is 0 Å². The number of nitrogens with zero attached hydrogens (tertiary/aromatic N) is 1. The van der Waals surface area contributed by atoms with Gasteiger partial charge < -0.3 is 0 Å². The Bertz CT molecular complexity index is 669. The highest BCUT2D eigenvalue weighted by Crippen LogP contribution is 2.31. The Morgan fingerprint density at radius 3 is 2.44 bits per heavy atom. The van der Waals surface area contributed by atoms with Crippen LogP contribution in [0.25, 0.3) is 0 Å². The van der Waals surface area contributed by atoms with Crippen molar-refractivity contribution in [3.05, 3.63) is 40.5 Å². The van der Waals surface area contributed by atoms with E-state index in [1.807, 2.05) is 13.8 Å². The summed E-state index contributed by atoms with van der Waals surface area (Å²) < 4.78 is 2.29. The molecule has 96 valence electrons. The first kappa shape index (κ1) is 13.8. The first-order chi connectivity index (χ1) is 8.40. The summed E-state index contributed by atoms with van der Waals surface area (Å²) in [6.07, 6.45) is 0. The molecule has 18 heavy (non-hydrogen) atoms. The molecule has 0 spiro atoms. The smallest absolute Gasteiger partial charge is 0.295 e. The molecule has 3 nitrogen and oxygen atoms in total. The lowest BCUT2D eigenvalue weighted by Gasteiger charge is -2.03. The molecule has 0 aliphatic carbocycles. The third kappa shape index (κ3) is 2.54. The molecule has 2 aromatic rings. The van der Waals surface area contributed by atoms with Gasteiger partial charge in [-0.15, -0.1) is 11.3 Å². The molecule has 0 saturated heterocycles. The second kappa shape index (κ2) is 5.17. The number of thiazole rings is 1. The van der Waals surface area contributed by atoms with Crippen molar-refractivity contribution in [3.8, 4) is 0 Å². The predicted molar refractivity (Wildman–Crippen MR) is 76.7 cm³/mol. The normalized spacial score (nSPS) is 10.9. The maximum atomic E-state index is 12.1. The van der Waals surface area contributed by atoms with E-state index in [0.717, 1.165) is 33.2 Å². The maximum Gasteiger partial charge on any atom is 0.307 e. The van der Waals surface area contributed by atoms with Crippen molar-refractivity contribution >= 4 is 51.7 Å². The van der Waals surface area contributed by atoms with Gasteiger partial charge in [-0.1, -0.05) is 34.5 Å². The van der Waals surface area contributed by atoms with E-state index in [0.29, 0.717) is 14.2 Å². The maximum absolute atomic E-state index is 12.1. The molecule has 0 fully saturated rings. The van der Waals surface area contributed by atoms with E-state index in [-0.39, 0.29) is 17.2 Å². The van der Waals surface area contributed by atoms with Crippen molar-refractivity contribution in [2.45, 2.75) is 20.4 Å². The van der Waals surface area contributed by atoms with Gasteiger partial charge in [-0.25, -0.2) is 0 Å². The van der Waals surface area contributed by atoms with Gasteiger partial charge >= 0.3 is 4.87 Å². The third-order valence-electron chi connectivity index (χ3n) is 2.63. The standard InChI is InChI=1S/C11H9Cl2NO2S2/c1-5-6(2)17-11(16)14(5)4-8(15)7-3-9(12)18-10(7)13/h3H,4H2,1-2H3. The molecule has 2 heterocycles. The van der Waals surface area contributed by atoms with Gasteiger partial charge in [0.15, 0.2) is 5.78 Å². The van der Waals surface area contributed by atoms with Gasteiger partial charge in [-0.3, -0.25) is 14.2 Å². The topological polar surface area (TPSA) is 39.1 Å². The minimum absolute atomic E-state index is 0.00177. The number of aryl methyl sites for hydroxylation is 1. The first-order valence-corrected chi connectivity index (χ1v) is 7.44. The largest absolute Gasteiger partial charge is 0.307 e. The highest BCUT2D eigenvalue weighted by molar-refractivity contribution is 7.20. The molecule has 0 saturated carbocycles. The number of carbonyl (C=O) groups excluding carboxylic acids is 1. The van der Waals surface area contributed by atoms with Crippen LogP contribution in [0.2, 0.25) is 8.67 Å². The lowest BCUT2D eigenvalue weighted by molar-refractivity contribution is 0.0971. The molecule has 0 aliphatic rings. The van der Waals surface area contributed by atoms with E-state index in [1.165, 1.54) is 10.6 Å². The van der Waals surface area contributed by atoms with E-state index in [9.17, 15) is 9.59 Å². The molecule has 7 heteroatoms. The Morgan fingerprint density at radius 2 is 2.00 bits per heavy atom. The van der Waals surface area contributed by atoms with E-state index in [2.05, 4.69) is 0 Å². The number of ketones is 1. The zero-order valence-electron chi connectivity index (χ0n) is 9.62. The Labute approximate surface area is 122 Å². The van der Waals surface area contributed by atoms with E-state index >= 15 is 0 Å². The molecule has 2 rings (SSSR count). The van der Waals surface area contributed by atoms with Gasteiger partial charge in [0.1, 0.15) is 4.34 Å². The molecule has 0 N–H and O–H groups in total. The van der Waals surface area contributed by atoms with E-state index in [4.69, 9.17) is 23.2 Å². The number of halogens is 2. The fourth-order valence-corrected chi connectivity index (χ4v) is 3.86. The number of hydrogen-bond donors (Lipinski definition) is 0. The summed E-state index contributed by atoms with van der Waals surface area (Å²) >= 11 is 14.0. The summed E-state index contributed by atoms with van der Waals surface area (Å²) in [4.78, 5) is 24.6. The van der Waals surface area contributed by atoms with Gasteiger partial charge in [-0.05, 0) is 19.9 Å². The van der Waals surface area contributed by atoms with Crippen LogP contribution in [0, 0.1) is 13.8 Å². The minimum atomic E-state index is -0.203. The summed E-state index contributed by atoms with van der Waals surface area (Å²) in [5.74, 6) is -0.203. The monoisotopic (exact) mass is 321 g/mol. The number of hydrogen-bond acceptors (Lipinski definition) is 4. The second-order valence-corrected chi connectivity index (χ2v) is 7.21. The average molecular weight is 322 g/mol. The van der Waals surface area contributed by atoms with Gasteiger partial charge in [0.25, 0.3) is 0 Å². The van der Waals surface area contributed by atoms with Crippen LogP contribution in [-0.4, -0.2) is 10.4 Å². The van der Waals surface area contributed by atoms with Crippen molar-refractivity contribution in [3.63, 3.8) is 0 Å². The molecular weight excluding hydrogens is 313 g/mol. The van der Waals surface area contributed by atoms with E-state index < -0.39 is 0 Å². The summed E-state index contributed by atoms with van der Waals surface area (Å²) in [5.41, 5.74) is 1.19. The molecule has 0 amide bonds. The summed E-state index contributed by atoms with van der Waals surface area (Å²) in [6.45, 7) is 3.68. The predicted octanol–water partition coefficient (Wildman–Crippen LogP) is 3.78. The SMILES string of the molecule is Cc1sc(=O)n(CC(=O)c2cc(Cl)sc2Cl)c1C. The lowest BCUT2D eigenvalue weighted by atomic mass is 10.2. The molecule has 0 bridgehead atoms. The fraction of sp³-hybridized carbons (Fsp3) is 0.273. The van der Waals surface area contributed by atoms with Crippen molar-refractivity contribution in [1.82, 2.24) is 4.57 Å². The average Bonchev–Trinajstić information content (AvgIpc) is 2.73. The van der Waals surface area contributed by atoms with Gasteiger partial charge in [0.05, 0.1) is 16.4 Å². The number of aromatic nitrogens is 1. The molecule has 0 aliphatic heterocycles. The van der Waals surface area contributed by atoms with Crippen LogP contribution in [0.3, 0.4) is 0 Å². The molecular formula is C11H9Cl2NO2S2. The Kier molecular flexibility index (Phi) is 3.96. The third-order valence-corrected chi connectivity index (χ3v) is 5.12. The van der Waals surface area contributed by atoms with Crippen LogP contribution in [0.1, 0.15) is 20.9 Å². The van der Waals surface area contributed by atoms with Crippen molar-refractivity contribution in [2.24, 2.45) is 0 Å². The summed E-state index contributed by atoms with van der Waals surface area (Å²) in [7, 11) is 0. The molecule has 0 radical (unpaired) electrons. The van der Waals surface area contributed by atoms with Gasteiger partial charge in [-0.2, -0.15) is 0 Å². The van der Waals surface area contributed by atoms with E-state index in [1.54, 1.807) is 0 Å². The summed E-state index contributed by atoms with van der Waals surface area (Å²) in [5, 5.41) is 0. The quantitative estimate of drug-likeness (QED) is 0.807. The second-order valence-electron chi connectivity index (χ2n) is 3.76. The fourth-order valence-electron chi connectivity index (χ4n) is 1.53. The zero-order valence-corrected chi connectivity index (χ0v) is 12.8. The van der Waals surface area contributed by atoms with Crippen LogP contribution in [0.15, 0.2) is 10.9 Å². The number of carbonyl (C=O) groups is 1. The van der Waals surface area contributed by atoms with Crippen LogP contribution in [0.5, 0.6) is 0 Å². The Morgan fingerprint density at radius 1 is 1.33 bits per heavy atom. The molecule has 0 atom stereocenters.